The Morgan fingerprint density at radius 1 is 1.44 bits per heavy atom. The molecule has 98 valence electrons. The lowest BCUT2D eigenvalue weighted by Crippen LogP contribution is -2.15. The molecule has 1 saturated carbocycles. The van der Waals surface area contributed by atoms with E-state index in [1.807, 2.05) is 0 Å². The summed E-state index contributed by atoms with van der Waals surface area (Å²) in [5.74, 6) is -0.539. The lowest BCUT2D eigenvalue weighted by Gasteiger charge is -2.14. The molecular weight excluding hydrogens is 244 g/mol. The molecule has 0 heterocycles. The number of carbonyl (C=O) groups is 1. The molecule has 0 saturated heterocycles. The summed E-state index contributed by atoms with van der Waals surface area (Å²) < 4.78 is 34.4. The van der Waals surface area contributed by atoms with Gasteiger partial charge in [0.05, 0.1) is 12.2 Å². The van der Waals surface area contributed by atoms with Gasteiger partial charge < -0.3 is 15.2 Å². The third-order valence-electron chi connectivity index (χ3n) is 2.62. The van der Waals surface area contributed by atoms with E-state index >= 15 is 0 Å². The Kier molecular flexibility index (Phi) is 3.64. The van der Waals surface area contributed by atoms with Gasteiger partial charge in [0.25, 0.3) is 5.91 Å². The standard InChI is InChI=1S/C12H13F2NO3/c13-12(14)18-10-8(11(15)16)2-1-3-9(10)17-6-7-4-5-7/h1-3,7,12H,4-6H2,(H2,15,16). The van der Waals surface area contributed by atoms with Crippen molar-refractivity contribution < 1.29 is 23.0 Å². The molecule has 1 amide bonds. The molecule has 0 aliphatic heterocycles. The molecule has 2 rings (SSSR count). The van der Waals surface area contributed by atoms with Crippen LogP contribution in [-0.4, -0.2) is 19.1 Å². The van der Waals surface area contributed by atoms with E-state index in [0.717, 1.165) is 12.8 Å². The van der Waals surface area contributed by atoms with E-state index in [2.05, 4.69) is 4.74 Å². The normalized spacial score (nSPS) is 14.6. The van der Waals surface area contributed by atoms with E-state index in [0.29, 0.717) is 12.5 Å². The van der Waals surface area contributed by atoms with Gasteiger partial charge in [-0.1, -0.05) is 6.07 Å². The van der Waals surface area contributed by atoms with E-state index in [4.69, 9.17) is 10.5 Å². The Balaban J connectivity index is 2.23. The average molecular weight is 257 g/mol. The number of amides is 1. The Bertz CT molecular complexity index is 447. The fourth-order valence-electron chi connectivity index (χ4n) is 1.53. The third-order valence-corrected chi connectivity index (χ3v) is 2.62. The molecule has 1 fully saturated rings. The number of primary amides is 1. The van der Waals surface area contributed by atoms with Crippen LogP contribution in [0.15, 0.2) is 18.2 Å². The largest absolute Gasteiger partial charge is 0.489 e. The van der Waals surface area contributed by atoms with Gasteiger partial charge in [-0.15, -0.1) is 0 Å². The highest BCUT2D eigenvalue weighted by Crippen LogP contribution is 2.35. The summed E-state index contributed by atoms with van der Waals surface area (Å²) in [4.78, 5) is 11.1. The van der Waals surface area contributed by atoms with E-state index in [1.165, 1.54) is 18.2 Å². The SMILES string of the molecule is NC(=O)c1cccc(OCC2CC2)c1OC(F)F. The molecule has 1 aromatic rings. The first-order valence-electron chi connectivity index (χ1n) is 5.58. The zero-order chi connectivity index (χ0) is 13.1. The van der Waals surface area contributed by atoms with E-state index in [9.17, 15) is 13.6 Å². The number of alkyl halides is 2. The van der Waals surface area contributed by atoms with Crippen molar-refractivity contribution in [1.82, 2.24) is 0 Å². The van der Waals surface area contributed by atoms with Crippen molar-refractivity contribution in [2.45, 2.75) is 19.5 Å². The Morgan fingerprint density at radius 3 is 2.72 bits per heavy atom. The fourth-order valence-corrected chi connectivity index (χ4v) is 1.53. The highest BCUT2D eigenvalue weighted by Gasteiger charge is 2.24. The van der Waals surface area contributed by atoms with Crippen molar-refractivity contribution in [2.75, 3.05) is 6.61 Å². The maximum atomic E-state index is 12.3. The van der Waals surface area contributed by atoms with Crippen LogP contribution in [0.4, 0.5) is 8.78 Å². The van der Waals surface area contributed by atoms with Crippen LogP contribution in [0.1, 0.15) is 23.2 Å². The molecule has 0 bridgehead atoms. The summed E-state index contributed by atoms with van der Waals surface area (Å²) >= 11 is 0. The first kappa shape index (κ1) is 12.6. The molecule has 18 heavy (non-hydrogen) atoms. The second-order valence-electron chi connectivity index (χ2n) is 4.13. The monoisotopic (exact) mass is 257 g/mol. The van der Waals surface area contributed by atoms with Gasteiger partial charge in [-0.05, 0) is 30.9 Å². The molecule has 0 unspecified atom stereocenters. The number of nitrogens with two attached hydrogens (primary N) is 1. The predicted molar refractivity (Wildman–Crippen MR) is 59.8 cm³/mol. The van der Waals surface area contributed by atoms with Crippen molar-refractivity contribution >= 4 is 5.91 Å². The van der Waals surface area contributed by atoms with Crippen molar-refractivity contribution in [3.63, 3.8) is 0 Å². The molecule has 6 heteroatoms. The van der Waals surface area contributed by atoms with Crippen LogP contribution in [0.2, 0.25) is 0 Å². The lowest BCUT2D eigenvalue weighted by atomic mass is 10.2. The number of rotatable bonds is 6. The van der Waals surface area contributed by atoms with Gasteiger partial charge in [0, 0.05) is 0 Å². The van der Waals surface area contributed by atoms with Crippen molar-refractivity contribution in [2.24, 2.45) is 11.7 Å². The summed E-state index contributed by atoms with van der Waals surface area (Å²) in [6.45, 7) is -2.60. The highest BCUT2D eigenvalue weighted by molar-refractivity contribution is 5.96. The molecule has 1 aliphatic rings. The van der Waals surface area contributed by atoms with Crippen LogP contribution < -0.4 is 15.2 Å². The molecule has 1 aliphatic carbocycles. The summed E-state index contributed by atoms with van der Waals surface area (Å²) in [6.07, 6.45) is 2.14. The van der Waals surface area contributed by atoms with Crippen molar-refractivity contribution in [1.29, 1.82) is 0 Å². The van der Waals surface area contributed by atoms with Crippen LogP contribution in [0.5, 0.6) is 11.5 Å². The number of hydrogen-bond acceptors (Lipinski definition) is 3. The summed E-state index contributed by atoms with van der Waals surface area (Å²) in [5.41, 5.74) is 5.00. The van der Waals surface area contributed by atoms with Gasteiger partial charge in [-0.2, -0.15) is 8.78 Å². The van der Waals surface area contributed by atoms with E-state index in [1.54, 1.807) is 0 Å². The number of benzene rings is 1. The van der Waals surface area contributed by atoms with Crippen LogP contribution in [0.25, 0.3) is 0 Å². The Labute approximate surface area is 103 Å². The minimum atomic E-state index is -3.03. The number of hydrogen-bond donors (Lipinski definition) is 1. The van der Waals surface area contributed by atoms with Crippen LogP contribution in [-0.2, 0) is 0 Å². The summed E-state index contributed by atoms with van der Waals surface area (Å²) in [7, 11) is 0. The number of carbonyl (C=O) groups excluding carboxylic acids is 1. The topological polar surface area (TPSA) is 61.6 Å². The van der Waals surface area contributed by atoms with E-state index < -0.39 is 12.5 Å². The van der Waals surface area contributed by atoms with Crippen molar-refractivity contribution in [3.05, 3.63) is 23.8 Å². The van der Waals surface area contributed by atoms with Crippen molar-refractivity contribution in [3.8, 4) is 11.5 Å². The van der Waals surface area contributed by atoms with Gasteiger partial charge in [-0.3, -0.25) is 4.79 Å². The summed E-state index contributed by atoms with van der Waals surface area (Å²) in [6, 6.07) is 4.32. The average Bonchev–Trinajstić information content (AvgIpc) is 3.10. The zero-order valence-electron chi connectivity index (χ0n) is 9.57. The molecule has 1 aromatic carbocycles. The number of halogens is 2. The Morgan fingerprint density at radius 2 is 2.17 bits per heavy atom. The Hall–Kier alpha value is -1.85. The lowest BCUT2D eigenvalue weighted by molar-refractivity contribution is -0.0518. The maximum absolute atomic E-state index is 12.3. The van der Waals surface area contributed by atoms with Gasteiger partial charge in [0.1, 0.15) is 0 Å². The molecule has 0 radical (unpaired) electrons. The number of para-hydroxylation sites is 1. The zero-order valence-corrected chi connectivity index (χ0v) is 9.57. The molecule has 0 aromatic heterocycles. The first-order valence-corrected chi connectivity index (χ1v) is 5.58. The smallest absolute Gasteiger partial charge is 0.387 e. The second-order valence-corrected chi connectivity index (χ2v) is 4.13. The predicted octanol–water partition coefficient (Wildman–Crippen LogP) is 2.18. The van der Waals surface area contributed by atoms with Crippen LogP contribution in [0.3, 0.4) is 0 Å². The van der Waals surface area contributed by atoms with Gasteiger partial charge in [0.2, 0.25) is 0 Å². The first-order chi connectivity index (χ1) is 8.58. The molecule has 2 N–H and O–H groups in total. The number of ether oxygens (including phenoxy) is 2. The second kappa shape index (κ2) is 5.20. The molecule has 0 spiro atoms. The maximum Gasteiger partial charge on any atom is 0.387 e. The molecule has 0 atom stereocenters. The molecule has 4 nitrogen and oxygen atoms in total. The summed E-state index contributed by atoms with van der Waals surface area (Å²) in [5, 5.41) is 0. The van der Waals surface area contributed by atoms with Crippen LogP contribution >= 0.6 is 0 Å². The van der Waals surface area contributed by atoms with Gasteiger partial charge >= 0.3 is 6.61 Å². The van der Waals surface area contributed by atoms with Gasteiger partial charge in [0.15, 0.2) is 11.5 Å². The third kappa shape index (κ3) is 3.09. The molecular formula is C12H13F2NO3. The minimum Gasteiger partial charge on any atom is -0.489 e. The quantitative estimate of drug-likeness (QED) is 0.849. The fraction of sp³-hybridized carbons (Fsp3) is 0.417. The van der Waals surface area contributed by atoms with E-state index in [-0.39, 0.29) is 17.1 Å². The van der Waals surface area contributed by atoms with Crippen LogP contribution in [0, 0.1) is 5.92 Å². The highest BCUT2D eigenvalue weighted by atomic mass is 19.3. The van der Waals surface area contributed by atoms with Gasteiger partial charge in [-0.25, -0.2) is 0 Å². The minimum absolute atomic E-state index is 0.108.